The minimum atomic E-state index is -0.711. The molecule has 1 aromatic heterocycles. The standard InChI is InChI=1S/C12H19NO2/c1-8(2)11(12(14)15)7-13-9(3)5-6-10(13)4/h5-6,8,11H,7H2,1-4H3,(H,14,15). The zero-order valence-corrected chi connectivity index (χ0v) is 9.82. The van der Waals surface area contributed by atoms with Gasteiger partial charge in [0.2, 0.25) is 0 Å². The van der Waals surface area contributed by atoms with Gasteiger partial charge >= 0.3 is 5.97 Å². The van der Waals surface area contributed by atoms with Gasteiger partial charge in [-0.3, -0.25) is 4.79 Å². The second-order valence-corrected chi connectivity index (χ2v) is 4.42. The predicted molar refractivity (Wildman–Crippen MR) is 59.9 cm³/mol. The lowest BCUT2D eigenvalue weighted by Crippen LogP contribution is -2.25. The van der Waals surface area contributed by atoms with Crippen molar-refractivity contribution in [2.75, 3.05) is 0 Å². The van der Waals surface area contributed by atoms with E-state index in [4.69, 9.17) is 5.11 Å². The fourth-order valence-corrected chi connectivity index (χ4v) is 1.76. The Bertz CT molecular complexity index is 333. The van der Waals surface area contributed by atoms with E-state index in [-0.39, 0.29) is 11.8 Å². The molecular weight excluding hydrogens is 190 g/mol. The van der Waals surface area contributed by atoms with Crippen LogP contribution in [0.3, 0.4) is 0 Å². The molecule has 0 spiro atoms. The number of rotatable bonds is 4. The lowest BCUT2D eigenvalue weighted by Gasteiger charge is -2.19. The van der Waals surface area contributed by atoms with Crippen molar-refractivity contribution >= 4 is 5.97 Å². The number of hydrogen-bond acceptors (Lipinski definition) is 1. The highest BCUT2D eigenvalue weighted by atomic mass is 16.4. The van der Waals surface area contributed by atoms with E-state index in [1.54, 1.807) is 0 Å². The Morgan fingerprint density at radius 3 is 2.13 bits per heavy atom. The molecule has 84 valence electrons. The number of carbonyl (C=O) groups is 1. The highest BCUT2D eigenvalue weighted by Gasteiger charge is 2.22. The van der Waals surface area contributed by atoms with Gasteiger partial charge in [0, 0.05) is 17.9 Å². The zero-order chi connectivity index (χ0) is 11.6. The molecule has 0 bridgehead atoms. The van der Waals surface area contributed by atoms with Gasteiger partial charge in [0.1, 0.15) is 0 Å². The summed E-state index contributed by atoms with van der Waals surface area (Å²) in [6.45, 7) is 8.48. The van der Waals surface area contributed by atoms with E-state index >= 15 is 0 Å². The molecule has 15 heavy (non-hydrogen) atoms. The largest absolute Gasteiger partial charge is 0.481 e. The van der Waals surface area contributed by atoms with Crippen LogP contribution in [0.4, 0.5) is 0 Å². The fraction of sp³-hybridized carbons (Fsp3) is 0.583. The van der Waals surface area contributed by atoms with Crippen molar-refractivity contribution in [3.63, 3.8) is 0 Å². The first-order valence-corrected chi connectivity index (χ1v) is 5.29. The van der Waals surface area contributed by atoms with Crippen molar-refractivity contribution in [3.05, 3.63) is 23.5 Å². The average molecular weight is 209 g/mol. The Hall–Kier alpha value is -1.25. The van der Waals surface area contributed by atoms with Crippen LogP contribution in [0.2, 0.25) is 0 Å². The molecule has 1 atom stereocenters. The average Bonchev–Trinajstić information content (AvgIpc) is 2.42. The molecule has 0 radical (unpaired) electrons. The number of hydrogen-bond donors (Lipinski definition) is 1. The third kappa shape index (κ3) is 2.61. The molecule has 1 N–H and O–H groups in total. The first kappa shape index (κ1) is 11.8. The second-order valence-electron chi connectivity index (χ2n) is 4.42. The molecule has 1 aromatic rings. The lowest BCUT2D eigenvalue weighted by atomic mass is 9.96. The van der Waals surface area contributed by atoms with E-state index in [2.05, 4.69) is 4.57 Å². The maximum atomic E-state index is 11.1. The molecule has 0 amide bonds. The van der Waals surface area contributed by atoms with E-state index in [0.717, 1.165) is 11.4 Å². The summed E-state index contributed by atoms with van der Waals surface area (Å²) < 4.78 is 2.07. The van der Waals surface area contributed by atoms with Crippen LogP contribution in [-0.2, 0) is 11.3 Å². The Labute approximate surface area is 90.7 Å². The summed E-state index contributed by atoms with van der Waals surface area (Å²) in [5, 5.41) is 9.11. The van der Waals surface area contributed by atoms with E-state index in [0.29, 0.717) is 6.54 Å². The van der Waals surface area contributed by atoms with Crippen molar-refractivity contribution in [1.29, 1.82) is 0 Å². The molecule has 3 nitrogen and oxygen atoms in total. The Balaban J connectivity index is 2.88. The van der Waals surface area contributed by atoms with Gasteiger partial charge in [-0.2, -0.15) is 0 Å². The summed E-state index contributed by atoms with van der Waals surface area (Å²) in [4.78, 5) is 11.1. The van der Waals surface area contributed by atoms with Crippen LogP contribution in [0.25, 0.3) is 0 Å². The Morgan fingerprint density at radius 2 is 1.80 bits per heavy atom. The summed E-state index contributed by atoms with van der Waals surface area (Å²) in [5.41, 5.74) is 2.25. The zero-order valence-electron chi connectivity index (χ0n) is 9.82. The molecule has 1 unspecified atom stereocenters. The van der Waals surface area contributed by atoms with Crippen LogP contribution in [0.1, 0.15) is 25.2 Å². The topological polar surface area (TPSA) is 42.2 Å². The molecule has 0 aliphatic heterocycles. The molecular formula is C12H19NO2. The molecule has 1 heterocycles. The highest BCUT2D eigenvalue weighted by molar-refractivity contribution is 5.70. The van der Waals surface area contributed by atoms with Crippen molar-refractivity contribution < 1.29 is 9.90 Å². The van der Waals surface area contributed by atoms with Crippen LogP contribution < -0.4 is 0 Å². The van der Waals surface area contributed by atoms with Gasteiger partial charge in [0.05, 0.1) is 5.92 Å². The first-order valence-electron chi connectivity index (χ1n) is 5.29. The van der Waals surface area contributed by atoms with Crippen molar-refractivity contribution in [1.82, 2.24) is 4.57 Å². The smallest absolute Gasteiger partial charge is 0.308 e. The first-order chi connectivity index (χ1) is 6.93. The van der Waals surface area contributed by atoms with Gasteiger partial charge in [-0.25, -0.2) is 0 Å². The highest BCUT2D eigenvalue weighted by Crippen LogP contribution is 2.17. The summed E-state index contributed by atoms with van der Waals surface area (Å²) in [6.07, 6.45) is 0. The molecule has 0 saturated carbocycles. The summed E-state index contributed by atoms with van der Waals surface area (Å²) >= 11 is 0. The third-order valence-corrected chi connectivity index (χ3v) is 2.92. The quantitative estimate of drug-likeness (QED) is 0.827. The minimum Gasteiger partial charge on any atom is -0.481 e. The maximum absolute atomic E-state index is 11.1. The van der Waals surface area contributed by atoms with Crippen molar-refractivity contribution in [3.8, 4) is 0 Å². The summed E-state index contributed by atoms with van der Waals surface area (Å²) in [6, 6.07) is 4.04. The van der Waals surface area contributed by atoms with Crippen LogP contribution in [0.15, 0.2) is 12.1 Å². The van der Waals surface area contributed by atoms with Gasteiger partial charge in [0.15, 0.2) is 0 Å². The molecule has 1 rings (SSSR count). The number of carboxylic acids is 1. The molecule has 0 aliphatic carbocycles. The van der Waals surface area contributed by atoms with Gasteiger partial charge in [-0.1, -0.05) is 13.8 Å². The van der Waals surface area contributed by atoms with Crippen molar-refractivity contribution in [2.45, 2.75) is 34.2 Å². The summed E-state index contributed by atoms with van der Waals surface area (Å²) in [5.74, 6) is -0.865. The third-order valence-electron chi connectivity index (χ3n) is 2.92. The number of nitrogens with zero attached hydrogens (tertiary/aromatic N) is 1. The van der Waals surface area contributed by atoms with Gasteiger partial charge in [0.25, 0.3) is 0 Å². The predicted octanol–water partition coefficient (Wildman–Crippen LogP) is 2.46. The summed E-state index contributed by atoms with van der Waals surface area (Å²) in [7, 11) is 0. The lowest BCUT2D eigenvalue weighted by molar-refractivity contribution is -0.143. The SMILES string of the molecule is Cc1ccc(C)n1CC(C(=O)O)C(C)C. The van der Waals surface area contributed by atoms with E-state index in [1.807, 2.05) is 39.8 Å². The van der Waals surface area contributed by atoms with Crippen molar-refractivity contribution in [2.24, 2.45) is 11.8 Å². The Kier molecular flexibility index (Phi) is 3.56. The normalized spacial score (nSPS) is 13.1. The van der Waals surface area contributed by atoms with Gasteiger partial charge < -0.3 is 9.67 Å². The van der Waals surface area contributed by atoms with E-state index in [9.17, 15) is 4.79 Å². The van der Waals surface area contributed by atoms with Crippen LogP contribution >= 0.6 is 0 Å². The van der Waals surface area contributed by atoms with E-state index < -0.39 is 5.97 Å². The molecule has 0 saturated heterocycles. The second kappa shape index (κ2) is 4.51. The van der Waals surface area contributed by atoms with Gasteiger partial charge in [-0.05, 0) is 31.9 Å². The number of carboxylic acid groups (broad SMARTS) is 1. The minimum absolute atomic E-state index is 0.156. The van der Waals surface area contributed by atoms with Crippen LogP contribution in [0, 0.1) is 25.7 Å². The number of aromatic nitrogens is 1. The number of aliphatic carboxylic acids is 1. The molecule has 0 aromatic carbocycles. The van der Waals surface area contributed by atoms with E-state index in [1.165, 1.54) is 0 Å². The monoisotopic (exact) mass is 209 g/mol. The van der Waals surface area contributed by atoms with Gasteiger partial charge in [-0.15, -0.1) is 0 Å². The van der Waals surface area contributed by atoms with Crippen LogP contribution in [-0.4, -0.2) is 15.6 Å². The molecule has 0 fully saturated rings. The molecule has 3 heteroatoms. The molecule has 0 aliphatic rings. The fourth-order valence-electron chi connectivity index (χ4n) is 1.76. The maximum Gasteiger partial charge on any atom is 0.308 e. The van der Waals surface area contributed by atoms with Crippen LogP contribution in [0.5, 0.6) is 0 Å². The number of aryl methyl sites for hydroxylation is 2. The Morgan fingerprint density at radius 1 is 1.33 bits per heavy atom.